The summed E-state index contributed by atoms with van der Waals surface area (Å²) in [6, 6.07) is 10.6. The number of benzene rings is 1. The Kier molecular flexibility index (Phi) is 5.78. The zero-order chi connectivity index (χ0) is 18.5. The minimum Gasteiger partial charge on any atom is -0.369 e. The van der Waals surface area contributed by atoms with Crippen molar-refractivity contribution in [3.05, 3.63) is 53.7 Å². The van der Waals surface area contributed by atoms with E-state index in [9.17, 15) is 14.4 Å². The van der Waals surface area contributed by atoms with Crippen molar-refractivity contribution in [3.63, 3.8) is 0 Å². The molecule has 1 aromatic heterocycles. The SMILES string of the molecule is Cc1cc(ON2C(=O)CCC2=O)ccc1C(=C=O)SSc1ccccn1. The normalized spacial score (nSPS) is 13.7. The van der Waals surface area contributed by atoms with Gasteiger partial charge in [0.25, 0.3) is 11.8 Å². The summed E-state index contributed by atoms with van der Waals surface area (Å²) < 4.78 is 0. The number of amides is 2. The number of carbonyl (C=O) groups is 2. The molecule has 1 aliphatic heterocycles. The predicted octanol–water partition coefficient (Wildman–Crippen LogP) is 3.45. The highest BCUT2D eigenvalue weighted by Crippen LogP contribution is 2.40. The van der Waals surface area contributed by atoms with E-state index in [2.05, 4.69) is 4.98 Å². The molecule has 0 N–H and O–H groups in total. The zero-order valence-corrected chi connectivity index (χ0v) is 15.4. The zero-order valence-electron chi connectivity index (χ0n) is 13.8. The molecule has 0 aliphatic carbocycles. The number of rotatable bonds is 6. The summed E-state index contributed by atoms with van der Waals surface area (Å²) in [7, 11) is 2.63. The summed E-state index contributed by atoms with van der Waals surface area (Å²) in [5.74, 6) is 1.61. The van der Waals surface area contributed by atoms with E-state index in [1.54, 1.807) is 24.4 Å². The Hall–Kier alpha value is -2.54. The highest BCUT2D eigenvalue weighted by molar-refractivity contribution is 8.80. The van der Waals surface area contributed by atoms with Crippen molar-refractivity contribution in [3.8, 4) is 5.75 Å². The van der Waals surface area contributed by atoms with Crippen LogP contribution in [0.1, 0.15) is 24.0 Å². The molecule has 26 heavy (non-hydrogen) atoms. The highest BCUT2D eigenvalue weighted by atomic mass is 33.1. The third-order valence-electron chi connectivity index (χ3n) is 3.59. The molecule has 0 spiro atoms. The second-order valence-electron chi connectivity index (χ2n) is 5.42. The van der Waals surface area contributed by atoms with Gasteiger partial charge in [0.1, 0.15) is 15.9 Å². The van der Waals surface area contributed by atoms with Crippen LogP contribution in [0, 0.1) is 6.92 Å². The lowest BCUT2D eigenvalue weighted by molar-refractivity contribution is -0.164. The van der Waals surface area contributed by atoms with Crippen LogP contribution in [-0.2, 0) is 14.4 Å². The van der Waals surface area contributed by atoms with Gasteiger partial charge >= 0.3 is 0 Å². The monoisotopic (exact) mass is 386 g/mol. The van der Waals surface area contributed by atoms with Gasteiger partial charge in [0.2, 0.25) is 0 Å². The van der Waals surface area contributed by atoms with Crippen molar-refractivity contribution in [2.75, 3.05) is 0 Å². The van der Waals surface area contributed by atoms with Crippen LogP contribution in [0.4, 0.5) is 0 Å². The fourth-order valence-electron chi connectivity index (χ4n) is 2.31. The van der Waals surface area contributed by atoms with Gasteiger partial charge in [-0.1, -0.05) is 6.07 Å². The molecule has 2 aromatic rings. The largest absolute Gasteiger partial charge is 0.369 e. The molecule has 2 amide bonds. The van der Waals surface area contributed by atoms with Crippen LogP contribution in [0.15, 0.2) is 47.6 Å². The quantitative estimate of drug-likeness (QED) is 0.427. The average molecular weight is 386 g/mol. The molecule has 0 atom stereocenters. The van der Waals surface area contributed by atoms with Gasteiger partial charge in [0.15, 0.2) is 5.75 Å². The summed E-state index contributed by atoms with van der Waals surface area (Å²) in [4.78, 5) is 44.6. The molecule has 0 bridgehead atoms. The maximum Gasteiger partial charge on any atom is 0.263 e. The van der Waals surface area contributed by atoms with Crippen molar-refractivity contribution >= 4 is 44.2 Å². The van der Waals surface area contributed by atoms with Crippen LogP contribution in [0.5, 0.6) is 5.75 Å². The number of aryl methyl sites for hydroxylation is 1. The van der Waals surface area contributed by atoms with Crippen molar-refractivity contribution in [1.82, 2.24) is 10.0 Å². The molecule has 2 heterocycles. The van der Waals surface area contributed by atoms with Crippen molar-refractivity contribution in [2.45, 2.75) is 24.8 Å². The summed E-state index contributed by atoms with van der Waals surface area (Å²) >= 11 is 0. The van der Waals surface area contributed by atoms with E-state index in [1.165, 1.54) is 21.6 Å². The van der Waals surface area contributed by atoms with E-state index in [-0.39, 0.29) is 24.7 Å². The number of hydrogen-bond acceptors (Lipinski definition) is 7. The lowest BCUT2D eigenvalue weighted by Crippen LogP contribution is -2.32. The molecule has 132 valence electrons. The van der Waals surface area contributed by atoms with E-state index >= 15 is 0 Å². The number of aromatic nitrogens is 1. The first-order valence-electron chi connectivity index (χ1n) is 7.74. The predicted molar refractivity (Wildman–Crippen MR) is 99.7 cm³/mol. The number of hydrogen-bond donors (Lipinski definition) is 0. The second kappa shape index (κ2) is 8.23. The second-order valence-corrected chi connectivity index (χ2v) is 7.58. The number of imide groups is 1. The standard InChI is InChI=1S/C18H14N2O4S2/c1-12-10-13(24-20-17(22)7-8-18(20)23)5-6-14(12)15(11-21)25-26-16-4-2-3-9-19-16/h2-6,9-10H,7-8H2,1H3. The van der Waals surface area contributed by atoms with E-state index < -0.39 is 0 Å². The lowest BCUT2D eigenvalue weighted by Gasteiger charge is -2.15. The van der Waals surface area contributed by atoms with Crippen molar-refractivity contribution in [1.29, 1.82) is 0 Å². The first-order chi connectivity index (χ1) is 12.6. The van der Waals surface area contributed by atoms with Gasteiger partial charge in [-0.3, -0.25) is 9.59 Å². The number of carbonyl (C=O) groups excluding carboxylic acids is 3. The fourth-order valence-corrected chi connectivity index (χ4v) is 4.24. The highest BCUT2D eigenvalue weighted by Gasteiger charge is 2.31. The van der Waals surface area contributed by atoms with Crippen LogP contribution < -0.4 is 4.84 Å². The number of pyridine rings is 1. The van der Waals surface area contributed by atoms with E-state index in [0.29, 0.717) is 16.2 Å². The van der Waals surface area contributed by atoms with Crippen LogP contribution in [0.2, 0.25) is 0 Å². The molecule has 1 fully saturated rings. The Bertz CT molecular complexity index is 879. The summed E-state index contributed by atoms with van der Waals surface area (Å²) in [5.41, 5.74) is 1.48. The van der Waals surface area contributed by atoms with E-state index in [1.807, 2.05) is 31.1 Å². The summed E-state index contributed by atoms with van der Waals surface area (Å²) in [6.45, 7) is 1.82. The van der Waals surface area contributed by atoms with Crippen LogP contribution in [0.25, 0.3) is 4.91 Å². The van der Waals surface area contributed by atoms with Gasteiger partial charge in [-0.15, -0.1) is 5.06 Å². The minimum atomic E-state index is -0.354. The van der Waals surface area contributed by atoms with E-state index in [0.717, 1.165) is 15.7 Å². The molecular weight excluding hydrogens is 372 g/mol. The molecule has 6 nitrogen and oxygen atoms in total. The number of hydroxylamine groups is 2. The molecule has 1 aromatic carbocycles. The Balaban J connectivity index is 1.72. The van der Waals surface area contributed by atoms with Gasteiger partial charge in [-0.2, -0.15) is 0 Å². The third kappa shape index (κ3) is 4.16. The van der Waals surface area contributed by atoms with Gasteiger partial charge in [0.05, 0.1) is 0 Å². The van der Waals surface area contributed by atoms with Crippen molar-refractivity contribution < 1.29 is 19.2 Å². The van der Waals surface area contributed by atoms with Gasteiger partial charge in [-0.25, -0.2) is 9.78 Å². The maximum absolute atomic E-state index is 11.6. The molecule has 0 saturated carbocycles. The molecule has 1 saturated heterocycles. The third-order valence-corrected chi connectivity index (χ3v) is 5.81. The first kappa shape index (κ1) is 18.3. The summed E-state index contributed by atoms with van der Waals surface area (Å²) in [6.07, 6.45) is 2.01. The van der Waals surface area contributed by atoms with Crippen molar-refractivity contribution in [2.24, 2.45) is 0 Å². The fraction of sp³-hybridized carbons (Fsp3) is 0.167. The Morgan fingerprint density at radius 3 is 2.58 bits per heavy atom. The first-order valence-corrected chi connectivity index (χ1v) is 9.89. The molecule has 1 aliphatic rings. The average Bonchev–Trinajstić information content (AvgIpc) is 2.96. The lowest BCUT2D eigenvalue weighted by atomic mass is 10.1. The molecule has 0 unspecified atom stereocenters. The van der Waals surface area contributed by atoms with Crippen LogP contribution in [-0.4, -0.2) is 27.8 Å². The van der Waals surface area contributed by atoms with Crippen LogP contribution >= 0.6 is 21.6 Å². The molecule has 3 rings (SSSR count). The minimum absolute atomic E-state index is 0.162. The topological polar surface area (TPSA) is 76.6 Å². The van der Waals surface area contributed by atoms with Crippen LogP contribution in [0.3, 0.4) is 0 Å². The molecular formula is C18H14N2O4S2. The Labute approximate surface area is 158 Å². The summed E-state index contributed by atoms with van der Waals surface area (Å²) in [5, 5.41) is 1.57. The van der Waals surface area contributed by atoms with Gasteiger partial charge in [-0.05, 0) is 64.4 Å². The smallest absolute Gasteiger partial charge is 0.263 e. The number of nitrogens with zero attached hydrogens (tertiary/aromatic N) is 2. The Morgan fingerprint density at radius 2 is 1.96 bits per heavy atom. The Morgan fingerprint density at radius 1 is 1.19 bits per heavy atom. The molecule has 0 radical (unpaired) electrons. The van der Waals surface area contributed by atoms with Gasteiger partial charge < -0.3 is 4.84 Å². The molecule has 8 heteroatoms. The van der Waals surface area contributed by atoms with Gasteiger partial charge in [0, 0.05) is 24.6 Å². The van der Waals surface area contributed by atoms with E-state index in [4.69, 9.17) is 4.84 Å². The maximum atomic E-state index is 11.6.